The van der Waals surface area contributed by atoms with Crippen LogP contribution >= 0.6 is 51.1 Å². The third kappa shape index (κ3) is 5.57. The van der Waals surface area contributed by atoms with E-state index in [2.05, 4.69) is 48.5 Å². The van der Waals surface area contributed by atoms with Crippen LogP contribution in [0.5, 0.6) is 0 Å². The Hall–Kier alpha value is 0.190. The minimum Gasteiger partial charge on any atom is -0.0622 e. The molecule has 0 aliphatic rings. The lowest BCUT2D eigenvalue weighted by molar-refractivity contribution is 1.48. The fourth-order valence-electron chi connectivity index (χ4n) is 1.07. The van der Waals surface area contributed by atoms with Gasteiger partial charge in [0.05, 0.1) is 0 Å². The Balaban J connectivity index is 1.61. The van der Waals surface area contributed by atoms with Crippen molar-refractivity contribution in [1.29, 1.82) is 0 Å². The molecule has 0 N–H and O–H groups in total. The van der Waals surface area contributed by atoms with Crippen molar-refractivity contribution in [2.45, 2.75) is 9.79 Å². The van der Waals surface area contributed by atoms with E-state index < -0.39 is 0 Å². The molecule has 0 aliphatic carbocycles. The molecule has 0 bridgehead atoms. The predicted octanol–water partition coefficient (Wildman–Crippen LogP) is 6.43. The highest BCUT2D eigenvalue weighted by Gasteiger charge is 1.97. The SMILES string of the molecule is c1ccc(SSSSSc2ccccc2)cc1. The average Bonchev–Trinajstić information content (AvgIpc) is 2.41. The summed E-state index contributed by atoms with van der Waals surface area (Å²) in [6.45, 7) is 0. The molecule has 0 fully saturated rings. The van der Waals surface area contributed by atoms with Gasteiger partial charge in [-0.25, -0.2) is 0 Å². The molecule has 2 rings (SSSR count). The lowest BCUT2D eigenvalue weighted by Gasteiger charge is -1.99. The Morgan fingerprint density at radius 3 is 1.29 bits per heavy atom. The Morgan fingerprint density at radius 2 is 0.882 bits per heavy atom. The smallest absolute Gasteiger partial charge is 0.0191 e. The van der Waals surface area contributed by atoms with Gasteiger partial charge in [-0.3, -0.25) is 0 Å². The molecule has 17 heavy (non-hydrogen) atoms. The Kier molecular flexibility index (Phi) is 6.66. The molecule has 0 heterocycles. The fourth-order valence-corrected chi connectivity index (χ4v) is 9.28. The quantitative estimate of drug-likeness (QED) is 0.443. The van der Waals surface area contributed by atoms with E-state index in [-0.39, 0.29) is 0 Å². The molecule has 0 unspecified atom stereocenters. The maximum Gasteiger partial charge on any atom is 0.0191 e. The molecule has 0 amide bonds. The van der Waals surface area contributed by atoms with Gasteiger partial charge < -0.3 is 0 Å². The third-order valence-electron chi connectivity index (χ3n) is 1.80. The molecule has 5 heteroatoms. The van der Waals surface area contributed by atoms with E-state index in [0.717, 1.165) is 0 Å². The fraction of sp³-hybridized carbons (Fsp3) is 0. The Bertz CT molecular complexity index is 376. The van der Waals surface area contributed by atoms with Crippen LogP contribution in [0.1, 0.15) is 0 Å². The Labute approximate surface area is 121 Å². The van der Waals surface area contributed by atoms with Gasteiger partial charge in [0.2, 0.25) is 0 Å². The molecule has 88 valence electrons. The third-order valence-corrected chi connectivity index (χ3v) is 10.1. The molecule has 0 atom stereocenters. The normalized spacial score (nSPS) is 10.4. The van der Waals surface area contributed by atoms with Gasteiger partial charge >= 0.3 is 0 Å². The first-order chi connectivity index (χ1) is 8.45. The summed E-state index contributed by atoms with van der Waals surface area (Å²) in [5.74, 6) is 0. The minimum atomic E-state index is 1.30. The number of hydrogen-bond donors (Lipinski definition) is 0. The van der Waals surface area contributed by atoms with Crippen LogP contribution in [0.25, 0.3) is 0 Å². The van der Waals surface area contributed by atoms with Crippen molar-refractivity contribution in [2.24, 2.45) is 0 Å². The zero-order chi connectivity index (χ0) is 11.8. The van der Waals surface area contributed by atoms with E-state index >= 15 is 0 Å². The van der Waals surface area contributed by atoms with Gasteiger partial charge in [-0.15, -0.1) is 0 Å². The zero-order valence-electron chi connectivity index (χ0n) is 8.81. The summed E-state index contributed by atoms with van der Waals surface area (Å²) in [6, 6.07) is 20.9. The summed E-state index contributed by atoms with van der Waals surface area (Å²) in [6.07, 6.45) is 0. The second kappa shape index (κ2) is 8.32. The molecule has 2 aromatic carbocycles. The maximum atomic E-state index is 2.13. The van der Waals surface area contributed by atoms with Crippen LogP contribution in [-0.2, 0) is 0 Å². The standard InChI is InChI=1S/C12H10S5/c1-3-7-11(8-4-1)13-15-17-16-14-12-9-5-2-6-10-12/h1-10H. The topological polar surface area (TPSA) is 0 Å². The number of hydrogen-bond acceptors (Lipinski definition) is 5. The number of benzene rings is 2. The van der Waals surface area contributed by atoms with Crippen LogP contribution in [0.2, 0.25) is 0 Å². The number of rotatable bonds is 6. The van der Waals surface area contributed by atoms with Crippen molar-refractivity contribution >= 4 is 51.1 Å². The molecular formula is C12H10S5. The molecule has 0 nitrogen and oxygen atoms in total. The van der Waals surface area contributed by atoms with E-state index in [0.29, 0.717) is 0 Å². The van der Waals surface area contributed by atoms with E-state index in [9.17, 15) is 0 Å². The summed E-state index contributed by atoms with van der Waals surface area (Å²) in [5.41, 5.74) is 0. The second-order valence-corrected chi connectivity index (χ2v) is 10.6. The first-order valence-corrected chi connectivity index (χ1v) is 11.0. The molecule has 0 radical (unpaired) electrons. The van der Waals surface area contributed by atoms with Crippen LogP contribution < -0.4 is 0 Å². The van der Waals surface area contributed by atoms with Crippen LogP contribution in [0, 0.1) is 0 Å². The largest absolute Gasteiger partial charge is 0.0622 e. The highest BCUT2D eigenvalue weighted by Crippen LogP contribution is 2.52. The molecule has 0 aromatic heterocycles. The summed E-state index contributed by atoms with van der Waals surface area (Å²) in [4.78, 5) is 2.60. The predicted molar refractivity (Wildman–Crippen MR) is 87.4 cm³/mol. The van der Waals surface area contributed by atoms with Gasteiger partial charge in [-0.2, -0.15) is 0 Å². The summed E-state index contributed by atoms with van der Waals surface area (Å²) < 4.78 is 0. The van der Waals surface area contributed by atoms with Crippen molar-refractivity contribution in [2.75, 3.05) is 0 Å². The lowest BCUT2D eigenvalue weighted by atomic mass is 10.4. The molecular weight excluding hydrogens is 304 g/mol. The van der Waals surface area contributed by atoms with Gasteiger partial charge in [0.25, 0.3) is 0 Å². The first-order valence-electron chi connectivity index (χ1n) is 4.90. The molecule has 0 saturated carbocycles. The second-order valence-electron chi connectivity index (χ2n) is 3.00. The van der Waals surface area contributed by atoms with E-state index in [1.807, 2.05) is 12.1 Å². The Morgan fingerprint density at radius 1 is 0.471 bits per heavy atom. The van der Waals surface area contributed by atoms with Crippen molar-refractivity contribution in [3.05, 3.63) is 60.7 Å². The van der Waals surface area contributed by atoms with Gasteiger partial charge in [-0.05, 0) is 75.3 Å². The summed E-state index contributed by atoms with van der Waals surface area (Å²) in [5, 5.41) is 0. The first kappa shape index (κ1) is 13.6. The van der Waals surface area contributed by atoms with Crippen molar-refractivity contribution in [1.82, 2.24) is 0 Å². The molecule has 0 aliphatic heterocycles. The van der Waals surface area contributed by atoms with Crippen molar-refractivity contribution < 1.29 is 0 Å². The van der Waals surface area contributed by atoms with Crippen LogP contribution in [0.15, 0.2) is 70.5 Å². The summed E-state index contributed by atoms with van der Waals surface area (Å²) >= 11 is 0. The van der Waals surface area contributed by atoms with Crippen molar-refractivity contribution in [3.63, 3.8) is 0 Å². The highest BCUT2D eigenvalue weighted by molar-refractivity contribution is 9.35. The monoisotopic (exact) mass is 314 g/mol. The van der Waals surface area contributed by atoms with Crippen LogP contribution in [0.4, 0.5) is 0 Å². The van der Waals surface area contributed by atoms with E-state index in [1.165, 1.54) is 9.79 Å². The highest BCUT2D eigenvalue weighted by atomic mass is 33.8. The van der Waals surface area contributed by atoms with Crippen LogP contribution in [0.3, 0.4) is 0 Å². The van der Waals surface area contributed by atoms with E-state index in [1.54, 1.807) is 51.1 Å². The minimum absolute atomic E-state index is 1.30. The van der Waals surface area contributed by atoms with Gasteiger partial charge in [0.1, 0.15) is 0 Å². The van der Waals surface area contributed by atoms with Crippen molar-refractivity contribution in [3.8, 4) is 0 Å². The van der Waals surface area contributed by atoms with Crippen LogP contribution in [-0.4, -0.2) is 0 Å². The molecule has 0 spiro atoms. The van der Waals surface area contributed by atoms with Gasteiger partial charge in [-0.1, -0.05) is 36.4 Å². The molecule has 2 aromatic rings. The van der Waals surface area contributed by atoms with E-state index in [4.69, 9.17) is 0 Å². The average molecular weight is 315 g/mol. The van der Waals surface area contributed by atoms with Gasteiger partial charge in [0, 0.05) is 9.79 Å². The zero-order valence-corrected chi connectivity index (χ0v) is 12.9. The summed E-state index contributed by atoms with van der Waals surface area (Å²) in [7, 11) is 9.01. The lowest BCUT2D eigenvalue weighted by Crippen LogP contribution is -1.62. The molecule has 0 saturated heterocycles. The van der Waals surface area contributed by atoms with Gasteiger partial charge in [0.15, 0.2) is 0 Å². The maximum absolute atomic E-state index is 2.13.